The van der Waals surface area contributed by atoms with E-state index in [1.807, 2.05) is 0 Å². The Kier molecular flexibility index (Phi) is 6.87. The SMILES string of the molecule is O=C(COC(=O)/C=C/c1ccccc1F)NNC(=O)c1ccc(Cl)cc1. The van der Waals surface area contributed by atoms with Crippen molar-refractivity contribution in [1.82, 2.24) is 10.9 Å². The predicted octanol–water partition coefficient (Wildman–Crippen LogP) is 2.50. The lowest BCUT2D eigenvalue weighted by Gasteiger charge is -2.07. The van der Waals surface area contributed by atoms with E-state index in [1.165, 1.54) is 48.5 Å². The Labute approximate surface area is 153 Å². The number of halogens is 2. The molecule has 2 aromatic carbocycles. The van der Waals surface area contributed by atoms with E-state index in [2.05, 4.69) is 10.9 Å². The molecule has 0 aromatic heterocycles. The third-order valence-electron chi connectivity index (χ3n) is 3.07. The van der Waals surface area contributed by atoms with Gasteiger partial charge in [-0.15, -0.1) is 0 Å². The largest absolute Gasteiger partial charge is 0.452 e. The summed E-state index contributed by atoms with van der Waals surface area (Å²) < 4.78 is 18.1. The van der Waals surface area contributed by atoms with E-state index in [0.29, 0.717) is 10.6 Å². The van der Waals surface area contributed by atoms with Gasteiger partial charge in [0.2, 0.25) is 0 Å². The number of esters is 1. The van der Waals surface area contributed by atoms with Gasteiger partial charge < -0.3 is 4.74 Å². The molecule has 6 nitrogen and oxygen atoms in total. The third-order valence-corrected chi connectivity index (χ3v) is 3.32. The lowest BCUT2D eigenvalue weighted by Crippen LogP contribution is -2.43. The molecule has 26 heavy (non-hydrogen) atoms. The number of nitrogens with one attached hydrogen (secondary N) is 2. The fourth-order valence-electron chi connectivity index (χ4n) is 1.79. The van der Waals surface area contributed by atoms with Crippen LogP contribution in [0, 0.1) is 5.82 Å². The van der Waals surface area contributed by atoms with Crippen molar-refractivity contribution in [3.8, 4) is 0 Å². The maximum atomic E-state index is 13.4. The van der Waals surface area contributed by atoms with Gasteiger partial charge in [0.1, 0.15) is 5.82 Å². The van der Waals surface area contributed by atoms with Crippen LogP contribution in [-0.4, -0.2) is 24.4 Å². The molecule has 0 atom stereocenters. The molecule has 2 rings (SSSR count). The molecule has 2 N–H and O–H groups in total. The molecule has 0 heterocycles. The minimum atomic E-state index is -0.826. The average molecular weight is 377 g/mol. The van der Waals surface area contributed by atoms with Gasteiger partial charge in [-0.3, -0.25) is 20.4 Å². The van der Waals surface area contributed by atoms with Gasteiger partial charge in [0, 0.05) is 22.2 Å². The summed E-state index contributed by atoms with van der Waals surface area (Å²) in [6, 6.07) is 11.9. The summed E-state index contributed by atoms with van der Waals surface area (Å²) in [5.74, 6) is -2.60. The highest BCUT2D eigenvalue weighted by atomic mass is 35.5. The van der Waals surface area contributed by atoms with E-state index >= 15 is 0 Å². The van der Waals surface area contributed by atoms with Gasteiger partial charge in [-0.25, -0.2) is 9.18 Å². The van der Waals surface area contributed by atoms with Crippen molar-refractivity contribution in [2.45, 2.75) is 0 Å². The number of hydrogen-bond donors (Lipinski definition) is 2. The van der Waals surface area contributed by atoms with Crippen molar-refractivity contribution in [2.24, 2.45) is 0 Å². The summed E-state index contributed by atoms with van der Waals surface area (Å²) in [5, 5.41) is 0.473. The van der Waals surface area contributed by atoms with Crippen LogP contribution in [0.1, 0.15) is 15.9 Å². The summed E-state index contributed by atoms with van der Waals surface area (Å²) >= 11 is 5.71. The number of hydrazine groups is 1. The van der Waals surface area contributed by atoms with E-state index in [0.717, 1.165) is 6.08 Å². The minimum Gasteiger partial charge on any atom is -0.452 e. The number of benzene rings is 2. The highest BCUT2D eigenvalue weighted by molar-refractivity contribution is 6.30. The van der Waals surface area contributed by atoms with Crippen LogP contribution < -0.4 is 10.9 Å². The lowest BCUT2D eigenvalue weighted by molar-refractivity contribution is -0.144. The highest BCUT2D eigenvalue weighted by Gasteiger charge is 2.09. The minimum absolute atomic E-state index is 0.212. The van der Waals surface area contributed by atoms with Crippen molar-refractivity contribution < 1.29 is 23.5 Å². The van der Waals surface area contributed by atoms with Crippen molar-refractivity contribution in [1.29, 1.82) is 0 Å². The Hall–Kier alpha value is -3.19. The molecule has 0 aliphatic heterocycles. The average Bonchev–Trinajstić information content (AvgIpc) is 2.64. The smallest absolute Gasteiger partial charge is 0.331 e. The normalized spacial score (nSPS) is 10.4. The fraction of sp³-hybridized carbons (Fsp3) is 0.0556. The van der Waals surface area contributed by atoms with Crippen LogP contribution in [0.2, 0.25) is 5.02 Å². The van der Waals surface area contributed by atoms with Crippen molar-refractivity contribution >= 4 is 35.5 Å². The topological polar surface area (TPSA) is 84.5 Å². The summed E-state index contributed by atoms with van der Waals surface area (Å²) in [6.07, 6.45) is 2.23. The van der Waals surface area contributed by atoms with Gasteiger partial charge in [0.05, 0.1) is 0 Å². The van der Waals surface area contributed by atoms with Gasteiger partial charge in [-0.05, 0) is 36.4 Å². The number of hydrogen-bond acceptors (Lipinski definition) is 4. The number of carbonyl (C=O) groups is 3. The van der Waals surface area contributed by atoms with Gasteiger partial charge >= 0.3 is 5.97 Å². The van der Waals surface area contributed by atoms with Gasteiger partial charge in [0.15, 0.2) is 6.61 Å². The van der Waals surface area contributed by atoms with Crippen molar-refractivity contribution in [3.63, 3.8) is 0 Å². The number of carbonyl (C=O) groups excluding carboxylic acids is 3. The molecule has 0 spiro atoms. The fourth-order valence-corrected chi connectivity index (χ4v) is 1.91. The van der Waals surface area contributed by atoms with Gasteiger partial charge in [-0.1, -0.05) is 29.8 Å². The molecule has 0 unspecified atom stereocenters. The third kappa shape index (κ3) is 6.03. The summed E-state index contributed by atoms with van der Waals surface area (Å²) in [7, 11) is 0. The second-order valence-electron chi connectivity index (χ2n) is 4.97. The Balaban J connectivity index is 1.74. The van der Waals surface area contributed by atoms with E-state index in [4.69, 9.17) is 16.3 Å². The Morgan fingerprint density at radius 2 is 1.73 bits per heavy atom. The molecule has 2 aromatic rings. The number of rotatable bonds is 5. The molecule has 0 fully saturated rings. The first-order valence-electron chi connectivity index (χ1n) is 7.40. The molecule has 0 saturated heterocycles. The van der Waals surface area contributed by atoms with Crippen molar-refractivity contribution in [3.05, 3.63) is 76.6 Å². The molecule has 0 aliphatic carbocycles. The van der Waals surface area contributed by atoms with Crippen LogP contribution >= 0.6 is 11.6 Å². The Morgan fingerprint density at radius 3 is 2.42 bits per heavy atom. The zero-order chi connectivity index (χ0) is 18.9. The van der Waals surface area contributed by atoms with Crippen LogP contribution in [-0.2, 0) is 14.3 Å². The van der Waals surface area contributed by atoms with Crippen LogP contribution in [0.4, 0.5) is 4.39 Å². The first-order valence-corrected chi connectivity index (χ1v) is 7.77. The van der Waals surface area contributed by atoms with E-state index in [1.54, 1.807) is 6.07 Å². The van der Waals surface area contributed by atoms with Crippen molar-refractivity contribution in [2.75, 3.05) is 6.61 Å². The Bertz CT molecular complexity index is 837. The van der Waals surface area contributed by atoms with E-state index in [-0.39, 0.29) is 5.56 Å². The lowest BCUT2D eigenvalue weighted by atomic mass is 10.2. The first-order chi connectivity index (χ1) is 12.5. The van der Waals surface area contributed by atoms with Gasteiger partial charge in [-0.2, -0.15) is 0 Å². The zero-order valence-corrected chi connectivity index (χ0v) is 14.1. The quantitative estimate of drug-likeness (QED) is 0.477. The molecule has 2 amide bonds. The molecule has 0 aliphatic rings. The number of amides is 2. The second kappa shape index (κ2) is 9.33. The molecule has 0 bridgehead atoms. The van der Waals surface area contributed by atoms with E-state index in [9.17, 15) is 18.8 Å². The molecular formula is C18H14ClFN2O4. The first kappa shape index (κ1) is 19.1. The highest BCUT2D eigenvalue weighted by Crippen LogP contribution is 2.09. The van der Waals surface area contributed by atoms with E-state index < -0.39 is 30.2 Å². The van der Waals surface area contributed by atoms with Crippen LogP contribution in [0.25, 0.3) is 6.08 Å². The second-order valence-corrected chi connectivity index (χ2v) is 5.41. The zero-order valence-electron chi connectivity index (χ0n) is 13.4. The molecular weight excluding hydrogens is 363 g/mol. The molecule has 0 radical (unpaired) electrons. The summed E-state index contributed by atoms with van der Waals surface area (Å²) in [6.45, 7) is -0.610. The summed E-state index contributed by atoms with van der Waals surface area (Å²) in [4.78, 5) is 34.8. The molecule has 0 saturated carbocycles. The predicted molar refractivity (Wildman–Crippen MR) is 93.5 cm³/mol. The van der Waals surface area contributed by atoms with Crippen LogP contribution in [0.15, 0.2) is 54.6 Å². The van der Waals surface area contributed by atoms with Crippen LogP contribution in [0.5, 0.6) is 0 Å². The molecule has 8 heteroatoms. The maximum absolute atomic E-state index is 13.4. The molecule has 134 valence electrons. The standard InChI is InChI=1S/C18H14ClFN2O4/c19-14-8-5-13(6-9-14)18(25)22-21-16(23)11-26-17(24)10-7-12-3-1-2-4-15(12)20/h1-10H,11H2,(H,21,23)(H,22,25)/b10-7+. The van der Waals surface area contributed by atoms with Gasteiger partial charge in [0.25, 0.3) is 11.8 Å². The number of ether oxygens (including phenoxy) is 1. The summed E-state index contributed by atoms with van der Waals surface area (Å²) in [5.41, 5.74) is 4.77. The monoisotopic (exact) mass is 376 g/mol. The van der Waals surface area contributed by atoms with Crippen LogP contribution in [0.3, 0.4) is 0 Å². The maximum Gasteiger partial charge on any atom is 0.331 e. The Morgan fingerprint density at radius 1 is 1.04 bits per heavy atom.